The molecule has 0 bridgehead atoms. The molecule has 0 saturated heterocycles. The molecule has 6 heteroatoms. The van der Waals surface area contributed by atoms with Gasteiger partial charge in [0.1, 0.15) is 12.0 Å². The first kappa shape index (κ1) is 27.4. The van der Waals surface area contributed by atoms with Gasteiger partial charge in [-0.3, -0.25) is 0 Å². The molecule has 0 fully saturated rings. The lowest BCUT2D eigenvalue weighted by Gasteiger charge is -2.20. The maximum Gasteiger partial charge on any atom is 0.340 e. The first-order chi connectivity index (χ1) is 21.5. The average molecular weight is 579 g/mol. The van der Waals surface area contributed by atoms with E-state index in [2.05, 4.69) is 59.2 Å². The van der Waals surface area contributed by atoms with Crippen LogP contribution < -0.4 is 10.6 Å². The summed E-state index contributed by atoms with van der Waals surface area (Å²) in [7, 11) is 0. The lowest BCUT2D eigenvalue weighted by atomic mass is 10.00. The Kier molecular flexibility index (Phi) is 7.07. The number of esters is 1. The van der Waals surface area contributed by atoms with Crippen molar-refractivity contribution >= 4 is 34.7 Å². The average Bonchev–Trinajstić information content (AvgIpc) is 3.59. The maximum absolute atomic E-state index is 13.3. The number of benzene rings is 5. The summed E-state index contributed by atoms with van der Waals surface area (Å²) in [6.07, 6.45) is 1.46. The monoisotopic (exact) mass is 578 g/mol. The van der Waals surface area contributed by atoms with Crippen LogP contribution >= 0.6 is 0 Å². The molecule has 0 aromatic heterocycles. The second kappa shape index (κ2) is 11.3. The number of hydrogen-bond donors (Lipinski definition) is 3. The van der Waals surface area contributed by atoms with Crippen molar-refractivity contribution in [1.82, 2.24) is 0 Å². The van der Waals surface area contributed by atoms with Gasteiger partial charge in [0.05, 0.1) is 17.9 Å². The molecule has 0 saturated carbocycles. The summed E-state index contributed by atoms with van der Waals surface area (Å²) >= 11 is 0. The zero-order valence-electron chi connectivity index (χ0n) is 24.2. The minimum absolute atomic E-state index is 0.210. The maximum atomic E-state index is 13.3. The van der Waals surface area contributed by atoms with Crippen LogP contribution in [0.3, 0.4) is 0 Å². The van der Waals surface area contributed by atoms with Crippen LogP contribution in [-0.2, 0) is 22.4 Å². The van der Waals surface area contributed by atoms with Crippen molar-refractivity contribution in [2.75, 3.05) is 17.2 Å². The number of hydrogen-bond acceptors (Lipinski definition) is 6. The summed E-state index contributed by atoms with van der Waals surface area (Å²) in [4.78, 5) is 24.5. The third-order valence-corrected chi connectivity index (χ3v) is 8.37. The molecular weight excluding hydrogens is 548 g/mol. The summed E-state index contributed by atoms with van der Waals surface area (Å²) in [5.74, 6) is 1.20. The minimum Gasteiger partial charge on any atom is -0.462 e. The largest absolute Gasteiger partial charge is 0.462 e. The van der Waals surface area contributed by atoms with Gasteiger partial charge in [0.15, 0.2) is 0 Å². The first-order valence-electron chi connectivity index (χ1n) is 14.7. The second-order valence-electron chi connectivity index (χ2n) is 11.1. The summed E-state index contributed by atoms with van der Waals surface area (Å²) in [5.41, 5.74) is 13.1. The van der Waals surface area contributed by atoms with Crippen LogP contribution in [0.1, 0.15) is 51.2 Å². The molecule has 0 heterocycles. The minimum atomic E-state index is -1.25. The number of anilines is 4. The number of aliphatic hydroxyl groups excluding tert-OH is 1. The van der Waals surface area contributed by atoms with E-state index in [1.807, 2.05) is 36.4 Å². The van der Waals surface area contributed by atoms with E-state index < -0.39 is 12.1 Å². The Labute approximate surface area is 255 Å². The van der Waals surface area contributed by atoms with E-state index in [4.69, 9.17) is 4.74 Å². The Morgan fingerprint density at radius 1 is 0.773 bits per heavy atom. The summed E-state index contributed by atoms with van der Waals surface area (Å²) in [6, 6.07) is 32.4. The smallest absolute Gasteiger partial charge is 0.340 e. The fourth-order valence-electron chi connectivity index (χ4n) is 6.36. The predicted octanol–water partition coefficient (Wildman–Crippen LogP) is 7.91. The van der Waals surface area contributed by atoms with Crippen LogP contribution in [0, 0.1) is 0 Å². The molecule has 0 aliphatic heterocycles. The van der Waals surface area contributed by atoms with Crippen molar-refractivity contribution in [3.63, 3.8) is 0 Å². The molecule has 6 nitrogen and oxygen atoms in total. The number of aliphatic hydroxyl groups is 1. The second-order valence-corrected chi connectivity index (χ2v) is 11.1. The van der Waals surface area contributed by atoms with Gasteiger partial charge in [-0.05, 0) is 101 Å². The number of ether oxygens (including phenoxy) is 1. The van der Waals surface area contributed by atoms with Crippen LogP contribution in [0.4, 0.5) is 22.7 Å². The third kappa shape index (κ3) is 4.96. The highest BCUT2D eigenvalue weighted by atomic mass is 16.5. The molecule has 5 aromatic carbocycles. The number of rotatable bonds is 8. The van der Waals surface area contributed by atoms with Crippen LogP contribution in [0.5, 0.6) is 0 Å². The van der Waals surface area contributed by atoms with Crippen molar-refractivity contribution in [2.24, 2.45) is 0 Å². The van der Waals surface area contributed by atoms with E-state index in [1.165, 1.54) is 44.5 Å². The summed E-state index contributed by atoms with van der Waals surface area (Å²) in [6.45, 7) is 1.97. The highest BCUT2D eigenvalue weighted by Crippen LogP contribution is 2.41. The highest BCUT2D eigenvalue weighted by Gasteiger charge is 2.23. The quantitative estimate of drug-likeness (QED) is 0.125. The van der Waals surface area contributed by atoms with E-state index in [-0.39, 0.29) is 6.61 Å². The zero-order valence-corrected chi connectivity index (χ0v) is 24.2. The molecule has 0 amide bonds. The van der Waals surface area contributed by atoms with Crippen molar-refractivity contribution in [1.29, 1.82) is 0 Å². The Bertz CT molecular complexity index is 1990. The van der Waals surface area contributed by atoms with Gasteiger partial charge in [-0.15, -0.1) is 0 Å². The SMILES string of the molecule is CCOC(=O)c1cc(Nc2ccc3c(c2)Cc2ccccc2-3)c(C(O)C=C=O)cc1Nc1ccc2c(c1)Cc1ccccc1-2. The van der Waals surface area contributed by atoms with Gasteiger partial charge >= 0.3 is 5.97 Å². The van der Waals surface area contributed by atoms with Crippen LogP contribution in [-0.4, -0.2) is 23.6 Å². The molecule has 7 rings (SSSR count). The standard InChI is InChI=1S/C38H30N2O4/c1-2-44-38(43)34-22-35(39-27-11-13-31-25(19-27)17-23-7-3-5-9-29(23)31)33(37(42)15-16-41)21-36(34)40-28-12-14-32-26(20-28)18-24-8-4-6-10-30(24)32/h3-15,19-22,37,39-40,42H,2,17-18H2,1H3. The van der Waals surface area contributed by atoms with E-state index in [0.717, 1.165) is 30.3 Å². The van der Waals surface area contributed by atoms with Gasteiger partial charge in [0.2, 0.25) is 0 Å². The van der Waals surface area contributed by atoms with Gasteiger partial charge in [0.25, 0.3) is 0 Å². The zero-order chi connectivity index (χ0) is 30.2. The van der Waals surface area contributed by atoms with Gasteiger partial charge in [-0.2, -0.15) is 0 Å². The molecule has 3 N–H and O–H groups in total. The Morgan fingerprint density at radius 2 is 1.32 bits per heavy atom. The summed E-state index contributed by atoms with van der Waals surface area (Å²) in [5, 5.41) is 17.8. The van der Waals surface area contributed by atoms with E-state index in [1.54, 1.807) is 25.0 Å². The molecule has 1 unspecified atom stereocenters. The van der Waals surface area contributed by atoms with E-state index in [0.29, 0.717) is 22.5 Å². The molecule has 2 aliphatic rings. The van der Waals surface area contributed by atoms with Crippen LogP contribution in [0.25, 0.3) is 22.3 Å². The van der Waals surface area contributed by atoms with E-state index >= 15 is 0 Å². The Balaban J connectivity index is 1.26. The Hall–Kier alpha value is -5.42. The molecule has 0 spiro atoms. The molecule has 44 heavy (non-hydrogen) atoms. The molecule has 216 valence electrons. The van der Waals surface area contributed by atoms with Gasteiger partial charge in [-0.1, -0.05) is 60.7 Å². The molecule has 5 aromatic rings. The number of carbonyl (C=O) groups is 1. The van der Waals surface area contributed by atoms with Crippen molar-refractivity contribution in [2.45, 2.75) is 25.9 Å². The fourth-order valence-corrected chi connectivity index (χ4v) is 6.36. The fraction of sp³-hybridized carbons (Fsp3) is 0.132. The topological polar surface area (TPSA) is 87.7 Å². The van der Waals surface area contributed by atoms with Gasteiger partial charge in [0, 0.05) is 28.7 Å². The normalized spacial score (nSPS) is 12.7. The van der Waals surface area contributed by atoms with Gasteiger partial charge < -0.3 is 20.5 Å². The molecule has 1 atom stereocenters. The highest BCUT2D eigenvalue weighted by molar-refractivity contribution is 5.99. The third-order valence-electron chi connectivity index (χ3n) is 8.37. The van der Waals surface area contributed by atoms with Crippen molar-refractivity contribution in [3.05, 3.63) is 137 Å². The lowest BCUT2D eigenvalue weighted by molar-refractivity contribution is 0.0527. The first-order valence-corrected chi connectivity index (χ1v) is 14.7. The number of fused-ring (bicyclic) bond motifs is 6. The van der Waals surface area contributed by atoms with Crippen LogP contribution in [0.2, 0.25) is 0 Å². The molecule has 0 radical (unpaired) electrons. The predicted molar refractivity (Wildman–Crippen MR) is 174 cm³/mol. The van der Waals surface area contributed by atoms with E-state index in [9.17, 15) is 14.7 Å². The van der Waals surface area contributed by atoms with Gasteiger partial charge in [-0.25, -0.2) is 9.59 Å². The van der Waals surface area contributed by atoms with Crippen LogP contribution in [0.15, 0.2) is 103 Å². The number of carbonyl (C=O) groups excluding carboxylic acids is 2. The Morgan fingerprint density at radius 3 is 1.89 bits per heavy atom. The summed E-state index contributed by atoms with van der Waals surface area (Å²) < 4.78 is 5.43. The molecule has 2 aliphatic carbocycles. The number of nitrogens with one attached hydrogen (secondary N) is 2. The van der Waals surface area contributed by atoms with Crippen molar-refractivity contribution in [3.8, 4) is 22.3 Å². The van der Waals surface area contributed by atoms with Crippen molar-refractivity contribution < 1.29 is 19.4 Å². The molecular formula is C38H30N2O4. The lowest BCUT2D eigenvalue weighted by Crippen LogP contribution is -2.11.